The van der Waals surface area contributed by atoms with Crippen LogP contribution in [0.4, 0.5) is 17.1 Å². The molecule has 3 aromatic rings. The Balaban J connectivity index is 1.60. The lowest BCUT2D eigenvalue weighted by Crippen LogP contribution is -2.27. The normalized spacial score (nSPS) is 15.1. The predicted octanol–water partition coefficient (Wildman–Crippen LogP) is 5.13. The van der Waals surface area contributed by atoms with Crippen LogP contribution in [0.5, 0.6) is 5.75 Å². The largest absolute Gasteiger partial charge is 0.506 e. The molecule has 3 aromatic carbocycles. The van der Waals surface area contributed by atoms with Crippen LogP contribution in [0.25, 0.3) is 0 Å². The van der Waals surface area contributed by atoms with E-state index in [1.54, 1.807) is 6.07 Å². The van der Waals surface area contributed by atoms with Gasteiger partial charge in [-0.3, -0.25) is 0 Å². The molecule has 144 valence electrons. The average molecular weight is 393 g/mol. The number of hydrogen-bond donors (Lipinski definition) is 2. The standard InChI is InChI=1S/C23H24N2O2S/c1-16-12-13-22-23(17(16)2)25(19-9-4-6-11-21(19)28(22)27)15-7-14-24-18-8-3-5-10-20(18)26/h3-6,8-13,24,26H,7,14-15H2,1-2H3. The molecule has 1 aliphatic rings. The molecule has 0 saturated carbocycles. The Morgan fingerprint density at radius 3 is 2.54 bits per heavy atom. The first kappa shape index (κ1) is 18.6. The molecule has 0 saturated heterocycles. The zero-order valence-electron chi connectivity index (χ0n) is 16.1. The van der Waals surface area contributed by atoms with Crippen LogP contribution in [0.15, 0.2) is 70.5 Å². The molecular formula is C23H24N2O2S. The van der Waals surface area contributed by atoms with Crippen LogP contribution in [-0.2, 0) is 10.8 Å². The van der Waals surface area contributed by atoms with Gasteiger partial charge in [-0.2, -0.15) is 0 Å². The summed E-state index contributed by atoms with van der Waals surface area (Å²) in [6.07, 6.45) is 0.877. The van der Waals surface area contributed by atoms with Gasteiger partial charge in [0.25, 0.3) is 0 Å². The molecule has 0 fully saturated rings. The molecule has 4 nitrogen and oxygen atoms in total. The van der Waals surface area contributed by atoms with Crippen LogP contribution in [0, 0.1) is 13.8 Å². The van der Waals surface area contributed by atoms with Gasteiger partial charge in [-0.25, -0.2) is 4.21 Å². The van der Waals surface area contributed by atoms with Gasteiger partial charge in [-0.05, 0) is 61.7 Å². The van der Waals surface area contributed by atoms with E-state index in [1.165, 1.54) is 11.1 Å². The van der Waals surface area contributed by atoms with Gasteiger partial charge in [0.1, 0.15) is 5.75 Å². The highest BCUT2D eigenvalue weighted by Crippen LogP contribution is 2.44. The number of aryl methyl sites for hydroxylation is 1. The maximum Gasteiger partial charge on any atom is 0.138 e. The smallest absolute Gasteiger partial charge is 0.138 e. The molecule has 0 radical (unpaired) electrons. The number of para-hydroxylation sites is 3. The second-order valence-electron chi connectivity index (χ2n) is 7.04. The molecule has 4 rings (SSSR count). The highest BCUT2D eigenvalue weighted by Gasteiger charge is 2.29. The lowest BCUT2D eigenvalue weighted by Gasteiger charge is -2.34. The predicted molar refractivity (Wildman–Crippen MR) is 115 cm³/mol. The van der Waals surface area contributed by atoms with Crippen molar-refractivity contribution in [1.82, 2.24) is 0 Å². The number of benzene rings is 3. The minimum Gasteiger partial charge on any atom is -0.506 e. The Morgan fingerprint density at radius 2 is 1.71 bits per heavy atom. The minimum atomic E-state index is -1.16. The Kier molecular flexibility index (Phi) is 5.09. The highest BCUT2D eigenvalue weighted by molar-refractivity contribution is 7.85. The number of aromatic hydroxyl groups is 1. The van der Waals surface area contributed by atoms with E-state index in [-0.39, 0.29) is 5.75 Å². The van der Waals surface area contributed by atoms with Crippen molar-refractivity contribution in [2.75, 3.05) is 23.3 Å². The Hall–Kier alpha value is -2.79. The quantitative estimate of drug-likeness (QED) is 0.467. The van der Waals surface area contributed by atoms with Gasteiger partial charge in [0.2, 0.25) is 0 Å². The number of fused-ring (bicyclic) bond motifs is 2. The molecule has 5 heteroatoms. The average Bonchev–Trinajstić information content (AvgIpc) is 2.71. The van der Waals surface area contributed by atoms with Crippen molar-refractivity contribution in [3.8, 4) is 5.75 Å². The van der Waals surface area contributed by atoms with Crippen LogP contribution in [0.3, 0.4) is 0 Å². The molecule has 1 unspecified atom stereocenters. The number of anilines is 3. The van der Waals surface area contributed by atoms with E-state index in [0.29, 0.717) is 0 Å². The summed E-state index contributed by atoms with van der Waals surface area (Å²) in [5.41, 5.74) is 5.21. The summed E-state index contributed by atoms with van der Waals surface area (Å²) in [4.78, 5) is 4.04. The second kappa shape index (κ2) is 7.68. The number of nitrogens with one attached hydrogen (secondary N) is 1. The molecule has 0 amide bonds. The zero-order chi connectivity index (χ0) is 19.7. The van der Waals surface area contributed by atoms with E-state index in [0.717, 1.165) is 46.4 Å². The van der Waals surface area contributed by atoms with E-state index in [9.17, 15) is 9.32 Å². The van der Waals surface area contributed by atoms with E-state index in [2.05, 4.69) is 30.1 Å². The van der Waals surface area contributed by atoms with Gasteiger partial charge in [0.15, 0.2) is 0 Å². The summed E-state index contributed by atoms with van der Waals surface area (Å²) >= 11 is 0. The van der Waals surface area contributed by atoms with Crippen molar-refractivity contribution in [2.45, 2.75) is 30.1 Å². The molecule has 1 heterocycles. The molecule has 2 N–H and O–H groups in total. The van der Waals surface area contributed by atoms with E-state index in [1.807, 2.05) is 48.5 Å². The van der Waals surface area contributed by atoms with Gasteiger partial charge in [0.05, 0.1) is 37.7 Å². The van der Waals surface area contributed by atoms with E-state index in [4.69, 9.17) is 0 Å². The first-order valence-electron chi connectivity index (χ1n) is 9.48. The lowest BCUT2D eigenvalue weighted by molar-refractivity contribution is 0.477. The van der Waals surface area contributed by atoms with E-state index < -0.39 is 10.8 Å². The van der Waals surface area contributed by atoms with Crippen LogP contribution < -0.4 is 10.2 Å². The van der Waals surface area contributed by atoms with Crippen molar-refractivity contribution in [3.63, 3.8) is 0 Å². The van der Waals surface area contributed by atoms with Gasteiger partial charge >= 0.3 is 0 Å². The third kappa shape index (κ3) is 3.27. The van der Waals surface area contributed by atoms with Crippen LogP contribution in [0.1, 0.15) is 17.5 Å². The van der Waals surface area contributed by atoms with Crippen molar-refractivity contribution in [1.29, 1.82) is 0 Å². The number of phenols is 1. The molecule has 1 aliphatic heterocycles. The van der Waals surface area contributed by atoms with Gasteiger partial charge in [-0.15, -0.1) is 0 Å². The lowest BCUT2D eigenvalue weighted by atomic mass is 10.1. The monoisotopic (exact) mass is 392 g/mol. The molecule has 0 aromatic heterocycles. The summed E-state index contributed by atoms with van der Waals surface area (Å²) in [6, 6.07) is 19.3. The fourth-order valence-electron chi connectivity index (χ4n) is 3.65. The number of phenolic OH excluding ortho intramolecular Hbond substituents is 1. The summed E-state index contributed by atoms with van der Waals surface area (Å²) in [6.45, 7) is 5.73. The van der Waals surface area contributed by atoms with E-state index >= 15 is 0 Å². The second-order valence-corrected chi connectivity index (χ2v) is 8.46. The maximum atomic E-state index is 13.1. The van der Waals surface area contributed by atoms with Crippen molar-refractivity contribution >= 4 is 27.9 Å². The molecule has 0 spiro atoms. The SMILES string of the molecule is Cc1ccc2c(c1C)N(CCCNc1ccccc1O)c1ccccc1S2=O. The zero-order valence-corrected chi connectivity index (χ0v) is 16.9. The maximum absolute atomic E-state index is 13.1. The van der Waals surface area contributed by atoms with Crippen molar-refractivity contribution < 1.29 is 9.32 Å². The van der Waals surface area contributed by atoms with Crippen LogP contribution in [-0.4, -0.2) is 22.4 Å². The Bertz CT molecular complexity index is 1050. The molecular weight excluding hydrogens is 368 g/mol. The highest BCUT2D eigenvalue weighted by atomic mass is 32.2. The van der Waals surface area contributed by atoms with Crippen molar-refractivity contribution in [2.24, 2.45) is 0 Å². The summed E-state index contributed by atoms with van der Waals surface area (Å²) in [5.74, 6) is 0.262. The fraction of sp³-hybridized carbons (Fsp3) is 0.217. The first-order valence-corrected chi connectivity index (χ1v) is 10.6. The summed E-state index contributed by atoms with van der Waals surface area (Å²) in [5, 5.41) is 13.2. The summed E-state index contributed by atoms with van der Waals surface area (Å²) in [7, 11) is -1.16. The number of nitrogens with zero attached hydrogens (tertiary/aromatic N) is 1. The third-order valence-corrected chi connectivity index (χ3v) is 6.74. The first-order chi connectivity index (χ1) is 13.6. The molecule has 0 aliphatic carbocycles. The van der Waals surface area contributed by atoms with Gasteiger partial charge in [-0.1, -0.05) is 30.3 Å². The number of hydrogen-bond acceptors (Lipinski definition) is 4. The van der Waals surface area contributed by atoms with Gasteiger partial charge in [0, 0.05) is 13.1 Å². The van der Waals surface area contributed by atoms with Crippen molar-refractivity contribution in [3.05, 3.63) is 71.8 Å². The third-order valence-electron chi connectivity index (χ3n) is 5.27. The summed E-state index contributed by atoms with van der Waals surface area (Å²) < 4.78 is 13.1. The fourth-order valence-corrected chi connectivity index (χ4v) is 5.09. The Labute approximate surface area is 168 Å². The molecule has 28 heavy (non-hydrogen) atoms. The van der Waals surface area contributed by atoms with Crippen LogP contribution in [0.2, 0.25) is 0 Å². The number of rotatable bonds is 5. The van der Waals surface area contributed by atoms with Crippen LogP contribution >= 0.6 is 0 Å². The topological polar surface area (TPSA) is 52.6 Å². The van der Waals surface area contributed by atoms with Gasteiger partial charge < -0.3 is 15.3 Å². The molecule has 1 atom stereocenters. The molecule has 0 bridgehead atoms. The minimum absolute atomic E-state index is 0.262. The Morgan fingerprint density at radius 1 is 0.964 bits per heavy atom.